The minimum atomic E-state index is -0.00408. The van der Waals surface area contributed by atoms with E-state index < -0.39 is 0 Å². The van der Waals surface area contributed by atoms with Crippen LogP contribution in [0.2, 0.25) is 0 Å². The Morgan fingerprint density at radius 2 is 0.942 bits per heavy atom. The molecule has 0 amide bonds. The molecule has 4 atom stereocenters. The van der Waals surface area contributed by atoms with Crippen molar-refractivity contribution in [3.63, 3.8) is 0 Å². The second kappa shape index (κ2) is 15.7. The summed E-state index contributed by atoms with van der Waals surface area (Å²) in [6.07, 6.45) is 4.22. The third-order valence-corrected chi connectivity index (χ3v) is 16.4. The van der Waals surface area contributed by atoms with Crippen LogP contribution in [0.4, 0.5) is 0 Å². The second-order valence-electron chi connectivity index (χ2n) is 19.9. The highest BCUT2D eigenvalue weighted by molar-refractivity contribution is 6.23. The van der Waals surface area contributed by atoms with E-state index in [9.17, 15) is 0 Å². The van der Waals surface area contributed by atoms with Crippen LogP contribution in [0.3, 0.4) is 0 Å². The van der Waals surface area contributed by atoms with Crippen LogP contribution in [0.1, 0.15) is 59.8 Å². The third kappa shape index (κ3) is 6.13. The fraction of sp³-hybridized carbons (Fsp3) is 0.103. The van der Waals surface area contributed by atoms with E-state index in [1.165, 1.54) is 111 Å². The van der Waals surface area contributed by atoms with Crippen LogP contribution >= 0.6 is 0 Å². The molecule has 0 bridgehead atoms. The lowest BCUT2D eigenvalue weighted by molar-refractivity contribution is 0.221. The quantitative estimate of drug-likeness (QED) is 0.155. The number of hydrogen-bond donors (Lipinski definition) is 0. The van der Waals surface area contributed by atoms with Crippen molar-refractivity contribution >= 4 is 21.5 Å². The molecule has 1 aromatic heterocycles. The number of aromatic nitrogens is 1. The van der Waals surface area contributed by atoms with Gasteiger partial charge < -0.3 is 0 Å². The molecule has 0 radical (unpaired) electrons. The van der Waals surface area contributed by atoms with Gasteiger partial charge >= 0.3 is 0 Å². The van der Waals surface area contributed by atoms with Gasteiger partial charge in [-0.3, -0.25) is 4.98 Å². The van der Waals surface area contributed by atoms with Gasteiger partial charge in [-0.2, -0.15) is 0 Å². The van der Waals surface area contributed by atoms with Gasteiger partial charge in [0.25, 0.3) is 0 Å². The van der Waals surface area contributed by atoms with Crippen molar-refractivity contribution in [2.24, 2.45) is 0 Å². The molecule has 1 fully saturated rings. The molecule has 14 rings (SSSR count). The number of rotatable bonds is 7. The second-order valence-corrected chi connectivity index (χ2v) is 19.9. The first-order valence-corrected chi connectivity index (χ1v) is 24.7. The summed E-state index contributed by atoms with van der Waals surface area (Å²) >= 11 is 0. The summed E-state index contributed by atoms with van der Waals surface area (Å²) in [7, 11) is 0. The lowest BCUT2D eigenvalue weighted by Gasteiger charge is -2.48. The van der Waals surface area contributed by atoms with Crippen LogP contribution in [0.5, 0.6) is 0 Å². The number of fused-ring (bicyclic) bond motifs is 6. The van der Waals surface area contributed by atoms with E-state index in [2.05, 4.69) is 231 Å². The zero-order valence-corrected chi connectivity index (χ0v) is 38.6. The highest BCUT2D eigenvalue weighted by atomic mass is 14.7. The molecule has 11 aromatic rings. The van der Waals surface area contributed by atoms with Gasteiger partial charge in [-0.25, -0.2) is 0 Å². The predicted octanol–water partition coefficient (Wildman–Crippen LogP) is 18.1. The molecule has 10 aromatic carbocycles. The molecule has 4 unspecified atom stereocenters. The number of hydrogen-bond acceptors (Lipinski definition) is 1. The molecule has 69 heavy (non-hydrogen) atoms. The Labute approximate surface area is 404 Å². The average molecular weight is 880 g/mol. The topological polar surface area (TPSA) is 12.9 Å². The first-order chi connectivity index (χ1) is 34.1. The van der Waals surface area contributed by atoms with Crippen LogP contribution in [-0.4, -0.2) is 4.98 Å². The van der Waals surface area contributed by atoms with Crippen molar-refractivity contribution in [2.75, 3.05) is 0 Å². The maximum absolute atomic E-state index is 4.95. The Balaban J connectivity index is 0.977. The van der Waals surface area contributed by atoms with Crippen molar-refractivity contribution in [2.45, 2.75) is 42.9 Å². The molecule has 0 N–H and O–H groups in total. The molecule has 1 heteroatoms. The predicted molar refractivity (Wildman–Crippen MR) is 289 cm³/mol. The smallest absolute Gasteiger partial charge is 0.0702 e. The van der Waals surface area contributed by atoms with Crippen molar-refractivity contribution in [3.05, 3.63) is 259 Å². The fourth-order valence-electron chi connectivity index (χ4n) is 13.4. The molecule has 0 spiro atoms. The summed E-state index contributed by atoms with van der Waals surface area (Å²) in [6.45, 7) is 2.55. The van der Waals surface area contributed by atoms with Gasteiger partial charge in [-0.1, -0.05) is 207 Å². The minimum Gasteiger partial charge on any atom is -0.256 e. The van der Waals surface area contributed by atoms with Crippen molar-refractivity contribution in [3.8, 4) is 78.0 Å². The molecule has 3 aliphatic carbocycles. The Hall–Kier alpha value is -8.13. The lowest BCUT2D eigenvalue weighted by atomic mass is 9.55. The maximum Gasteiger partial charge on any atom is 0.0702 e. The summed E-state index contributed by atoms with van der Waals surface area (Å²) < 4.78 is 0. The highest BCUT2D eigenvalue weighted by Crippen LogP contribution is 2.66. The molecule has 3 aliphatic rings. The van der Waals surface area contributed by atoms with E-state index in [4.69, 9.17) is 4.98 Å². The molecule has 1 saturated carbocycles. The molecular weight excluding hydrogens is 831 g/mol. The van der Waals surface area contributed by atoms with Gasteiger partial charge in [0.2, 0.25) is 0 Å². The Kier molecular flexibility index (Phi) is 9.11. The highest BCUT2D eigenvalue weighted by Gasteiger charge is 2.52. The van der Waals surface area contributed by atoms with Gasteiger partial charge in [-0.15, -0.1) is 0 Å². The zero-order chi connectivity index (χ0) is 45.6. The van der Waals surface area contributed by atoms with E-state index in [0.29, 0.717) is 17.8 Å². The van der Waals surface area contributed by atoms with Crippen molar-refractivity contribution in [1.29, 1.82) is 0 Å². The lowest BCUT2D eigenvalue weighted by Crippen LogP contribution is -2.39. The van der Waals surface area contributed by atoms with E-state index in [1.807, 2.05) is 12.3 Å². The number of benzene rings is 10. The van der Waals surface area contributed by atoms with Gasteiger partial charge in [0.15, 0.2) is 0 Å². The first-order valence-electron chi connectivity index (χ1n) is 24.7. The third-order valence-electron chi connectivity index (χ3n) is 16.4. The van der Waals surface area contributed by atoms with Gasteiger partial charge in [0.1, 0.15) is 0 Å². The van der Waals surface area contributed by atoms with Crippen LogP contribution in [-0.2, 0) is 5.41 Å². The standard InChI is InChI=1S/C68H49N/c1-68(49-24-12-5-13-25-49)38-37-54(45-22-10-4-11-23-45)66-59-36-32-51(56-27-17-29-60(63(56)59)67(66)68)47-40-46(41-48(42-47)61-30-14-15-39-69-61)50-31-35-58-62-55(50)26-16-28-57(62)64-52(43-18-6-2-7-19-43)33-34-53(65(58)64)44-20-8-3-9-21-44/h2-36,39-42,54,66-67H,37-38H2,1H3. The summed E-state index contributed by atoms with van der Waals surface area (Å²) in [5, 5.41) is 5.37. The normalized spacial score (nSPS) is 18.6. The van der Waals surface area contributed by atoms with Crippen LogP contribution in [0.15, 0.2) is 237 Å². The SMILES string of the molecule is CC1(c2ccccc2)CCC(c2ccccc2)C2c3ccc(-c4cc(-c5ccccn5)cc(-c5ccc6c7c(cccc57)-c5c(-c7ccccc7)ccc(-c7ccccc7)c5-6)c4)c4cccc(c34)C21. The van der Waals surface area contributed by atoms with Gasteiger partial charge in [0, 0.05) is 17.7 Å². The van der Waals surface area contributed by atoms with Gasteiger partial charge in [-0.05, 0) is 171 Å². The van der Waals surface area contributed by atoms with Crippen LogP contribution in [0, 0.1) is 0 Å². The van der Waals surface area contributed by atoms with E-state index >= 15 is 0 Å². The molecule has 0 saturated heterocycles. The first kappa shape index (κ1) is 40.0. The van der Waals surface area contributed by atoms with Crippen LogP contribution in [0.25, 0.3) is 99.6 Å². The maximum atomic E-state index is 4.95. The summed E-state index contributed by atoms with van der Waals surface area (Å²) in [4.78, 5) is 4.95. The molecule has 0 aliphatic heterocycles. The van der Waals surface area contributed by atoms with Gasteiger partial charge in [0.05, 0.1) is 5.69 Å². The molecule has 1 nitrogen and oxygen atoms in total. The summed E-state index contributed by atoms with van der Waals surface area (Å²) in [6, 6.07) is 86.6. The summed E-state index contributed by atoms with van der Waals surface area (Å²) in [5.41, 5.74) is 23.1. The summed E-state index contributed by atoms with van der Waals surface area (Å²) in [5.74, 6) is 1.17. The Bertz CT molecular complexity index is 3710. The van der Waals surface area contributed by atoms with Crippen LogP contribution < -0.4 is 0 Å². The van der Waals surface area contributed by atoms with E-state index in [0.717, 1.165) is 24.1 Å². The van der Waals surface area contributed by atoms with Crippen molar-refractivity contribution in [1.82, 2.24) is 4.98 Å². The van der Waals surface area contributed by atoms with E-state index in [1.54, 1.807) is 0 Å². The fourth-order valence-corrected chi connectivity index (χ4v) is 13.4. The number of nitrogens with zero attached hydrogens (tertiary/aromatic N) is 1. The molecule has 326 valence electrons. The zero-order valence-electron chi connectivity index (χ0n) is 38.6. The average Bonchev–Trinajstić information content (AvgIpc) is 3.95. The Morgan fingerprint density at radius 3 is 1.59 bits per heavy atom. The molecular formula is C68H49N. The van der Waals surface area contributed by atoms with Crippen molar-refractivity contribution < 1.29 is 0 Å². The van der Waals surface area contributed by atoms with E-state index in [-0.39, 0.29) is 5.41 Å². The largest absolute Gasteiger partial charge is 0.256 e. The number of pyridine rings is 1. The Morgan fingerprint density at radius 1 is 0.406 bits per heavy atom. The monoisotopic (exact) mass is 879 g/mol. The molecule has 1 heterocycles. The minimum absolute atomic E-state index is 0.00408.